The molecule has 0 saturated carbocycles. The molecule has 2 aromatic carbocycles. The fraction of sp³-hybridized carbons (Fsp3) is 0.263. The number of hydrogen-bond acceptors (Lipinski definition) is 3. The molecule has 25 heavy (non-hydrogen) atoms. The van der Waals surface area contributed by atoms with Crippen molar-refractivity contribution in [3.63, 3.8) is 0 Å². The van der Waals surface area contributed by atoms with Gasteiger partial charge >= 0.3 is 0 Å². The molecule has 0 aliphatic heterocycles. The van der Waals surface area contributed by atoms with Crippen molar-refractivity contribution in [1.29, 1.82) is 0 Å². The van der Waals surface area contributed by atoms with Gasteiger partial charge in [-0.1, -0.05) is 54.9 Å². The second kappa shape index (κ2) is 8.63. The minimum Gasteiger partial charge on any atom is -0.483 e. The molecule has 0 bridgehead atoms. The average molecular weight is 468 g/mol. The Morgan fingerprint density at radius 1 is 1.16 bits per heavy atom. The van der Waals surface area contributed by atoms with Gasteiger partial charge in [0.25, 0.3) is 5.91 Å². The molecule has 2 aromatic rings. The van der Waals surface area contributed by atoms with Crippen molar-refractivity contribution < 1.29 is 9.53 Å². The van der Waals surface area contributed by atoms with Gasteiger partial charge in [-0.25, -0.2) is 5.43 Å². The normalized spacial score (nSPS) is 11.6. The molecule has 1 amide bonds. The van der Waals surface area contributed by atoms with Crippen LogP contribution in [0.1, 0.15) is 31.9 Å². The first-order chi connectivity index (χ1) is 11.8. The van der Waals surface area contributed by atoms with Gasteiger partial charge in [-0.05, 0) is 56.7 Å². The minimum atomic E-state index is -0.319. The predicted molar refractivity (Wildman–Crippen MR) is 108 cm³/mol. The first-order valence-electron chi connectivity index (χ1n) is 7.76. The predicted octanol–water partition coefficient (Wildman–Crippen LogP) is 5.04. The Kier molecular flexibility index (Phi) is 6.79. The molecule has 4 nitrogen and oxygen atoms in total. The molecule has 0 atom stereocenters. The molecule has 0 aliphatic rings. The van der Waals surface area contributed by atoms with E-state index in [1.807, 2.05) is 42.5 Å². The fourth-order valence-corrected chi connectivity index (χ4v) is 2.75. The van der Waals surface area contributed by atoms with E-state index in [9.17, 15) is 4.79 Å². The highest BCUT2D eigenvalue weighted by Crippen LogP contribution is 2.31. The lowest BCUT2D eigenvalue weighted by atomic mass is 9.87. The number of carbonyl (C=O) groups excluding carboxylic acids is 1. The first kappa shape index (κ1) is 19.7. The van der Waals surface area contributed by atoms with E-state index in [-0.39, 0.29) is 17.9 Å². The van der Waals surface area contributed by atoms with E-state index in [0.717, 1.165) is 14.5 Å². The highest BCUT2D eigenvalue weighted by atomic mass is 79.9. The van der Waals surface area contributed by atoms with Crippen LogP contribution in [0.2, 0.25) is 0 Å². The SMILES string of the molecule is CC(C)(C)c1ccc(OCC(=O)N/N=C/c2ccc(Br)cc2)c(Br)c1. The Morgan fingerprint density at radius 3 is 2.44 bits per heavy atom. The van der Waals surface area contributed by atoms with Gasteiger partial charge in [-0.2, -0.15) is 5.10 Å². The number of rotatable bonds is 5. The molecule has 6 heteroatoms. The van der Waals surface area contributed by atoms with Crippen LogP contribution in [0.3, 0.4) is 0 Å². The monoisotopic (exact) mass is 466 g/mol. The minimum absolute atomic E-state index is 0.0557. The standard InChI is InChI=1S/C19H20Br2N2O2/c1-19(2,3)14-6-9-17(16(21)10-14)25-12-18(24)23-22-11-13-4-7-15(20)8-5-13/h4-11H,12H2,1-3H3,(H,23,24)/b22-11+. The molecule has 0 saturated heterocycles. The van der Waals surface area contributed by atoms with Crippen LogP contribution in [-0.4, -0.2) is 18.7 Å². The number of amides is 1. The molecule has 132 valence electrons. The Bertz CT molecular complexity index is 766. The summed E-state index contributed by atoms with van der Waals surface area (Å²) < 4.78 is 7.36. The molecule has 0 unspecified atom stereocenters. The first-order valence-corrected chi connectivity index (χ1v) is 9.34. The van der Waals surface area contributed by atoms with Crippen molar-refractivity contribution in [2.75, 3.05) is 6.61 Å². The molecule has 0 radical (unpaired) electrons. The number of benzene rings is 2. The van der Waals surface area contributed by atoms with Gasteiger partial charge in [0.05, 0.1) is 10.7 Å². The van der Waals surface area contributed by atoms with Gasteiger partial charge in [0, 0.05) is 4.47 Å². The molecule has 0 spiro atoms. The van der Waals surface area contributed by atoms with Crippen LogP contribution in [0, 0.1) is 0 Å². The van der Waals surface area contributed by atoms with E-state index >= 15 is 0 Å². The number of halogens is 2. The van der Waals surface area contributed by atoms with Crippen molar-refractivity contribution in [3.8, 4) is 5.75 Å². The van der Waals surface area contributed by atoms with Gasteiger partial charge in [0.1, 0.15) is 5.75 Å². The topological polar surface area (TPSA) is 50.7 Å². The molecular weight excluding hydrogens is 448 g/mol. The lowest BCUT2D eigenvalue weighted by Gasteiger charge is -2.20. The summed E-state index contributed by atoms with van der Waals surface area (Å²) in [6.45, 7) is 6.33. The van der Waals surface area contributed by atoms with Crippen LogP contribution in [0.15, 0.2) is 56.5 Å². The van der Waals surface area contributed by atoms with Crippen molar-refractivity contribution >= 4 is 44.0 Å². The van der Waals surface area contributed by atoms with E-state index in [1.54, 1.807) is 6.21 Å². The Labute approximate surface area is 164 Å². The zero-order chi connectivity index (χ0) is 18.4. The summed E-state index contributed by atoms with van der Waals surface area (Å²) >= 11 is 6.85. The molecule has 0 fully saturated rings. The van der Waals surface area contributed by atoms with Crippen molar-refractivity contribution in [2.45, 2.75) is 26.2 Å². The van der Waals surface area contributed by atoms with E-state index in [0.29, 0.717) is 5.75 Å². The summed E-state index contributed by atoms with van der Waals surface area (Å²) in [5.41, 5.74) is 4.59. The highest BCUT2D eigenvalue weighted by Gasteiger charge is 2.15. The summed E-state index contributed by atoms with van der Waals surface area (Å²) in [5.74, 6) is 0.306. The molecule has 0 aromatic heterocycles. The summed E-state index contributed by atoms with van der Waals surface area (Å²) in [6.07, 6.45) is 1.58. The third kappa shape index (κ3) is 6.29. The maximum absolute atomic E-state index is 11.8. The van der Waals surface area contributed by atoms with Crippen molar-refractivity contribution in [3.05, 3.63) is 62.5 Å². The van der Waals surface area contributed by atoms with Gasteiger partial charge in [-0.15, -0.1) is 0 Å². The van der Waals surface area contributed by atoms with E-state index in [1.165, 1.54) is 5.56 Å². The van der Waals surface area contributed by atoms with Crippen LogP contribution >= 0.6 is 31.9 Å². The van der Waals surface area contributed by atoms with Gasteiger partial charge in [-0.3, -0.25) is 4.79 Å². The maximum Gasteiger partial charge on any atom is 0.277 e. The summed E-state index contributed by atoms with van der Waals surface area (Å²) in [6, 6.07) is 13.5. The fourth-order valence-electron chi connectivity index (χ4n) is 1.99. The van der Waals surface area contributed by atoms with Crippen LogP contribution in [0.25, 0.3) is 0 Å². The third-order valence-electron chi connectivity index (χ3n) is 3.43. The number of nitrogens with one attached hydrogen (secondary N) is 1. The number of ether oxygens (including phenoxy) is 1. The Hall–Kier alpha value is -1.66. The summed E-state index contributed by atoms with van der Waals surface area (Å²) in [4.78, 5) is 11.8. The van der Waals surface area contributed by atoms with Crippen LogP contribution in [-0.2, 0) is 10.2 Å². The lowest BCUT2D eigenvalue weighted by Crippen LogP contribution is -2.24. The van der Waals surface area contributed by atoms with E-state index in [2.05, 4.69) is 63.2 Å². The largest absolute Gasteiger partial charge is 0.483 e. The summed E-state index contributed by atoms with van der Waals surface area (Å²) in [7, 11) is 0. The number of hydrazone groups is 1. The van der Waals surface area contributed by atoms with Crippen LogP contribution in [0.4, 0.5) is 0 Å². The number of carbonyl (C=O) groups is 1. The zero-order valence-electron chi connectivity index (χ0n) is 14.3. The quantitative estimate of drug-likeness (QED) is 0.494. The van der Waals surface area contributed by atoms with Crippen molar-refractivity contribution in [2.24, 2.45) is 5.10 Å². The second-order valence-electron chi connectivity index (χ2n) is 6.53. The molecule has 0 heterocycles. The number of nitrogens with zero attached hydrogens (tertiary/aromatic N) is 1. The second-order valence-corrected chi connectivity index (χ2v) is 8.30. The zero-order valence-corrected chi connectivity index (χ0v) is 17.5. The van der Waals surface area contributed by atoms with Gasteiger partial charge in [0.15, 0.2) is 6.61 Å². The summed E-state index contributed by atoms with van der Waals surface area (Å²) in [5, 5.41) is 3.92. The molecule has 0 aliphatic carbocycles. The highest BCUT2D eigenvalue weighted by molar-refractivity contribution is 9.10. The van der Waals surface area contributed by atoms with E-state index in [4.69, 9.17) is 4.74 Å². The van der Waals surface area contributed by atoms with Crippen molar-refractivity contribution in [1.82, 2.24) is 5.43 Å². The maximum atomic E-state index is 11.8. The lowest BCUT2D eigenvalue weighted by molar-refractivity contribution is -0.123. The molecule has 2 rings (SSSR count). The Morgan fingerprint density at radius 2 is 1.84 bits per heavy atom. The third-order valence-corrected chi connectivity index (χ3v) is 4.58. The van der Waals surface area contributed by atoms with Gasteiger partial charge in [0.2, 0.25) is 0 Å². The van der Waals surface area contributed by atoms with E-state index < -0.39 is 0 Å². The van der Waals surface area contributed by atoms with Crippen LogP contribution in [0.5, 0.6) is 5.75 Å². The smallest absolute Gasteiger partial charge is 0.277 e. The molecular formula is C19H20Br2N2O2. The Balaban J connectivity index is 1.86. The molecule has 1 N–H and O–H groups in total. The average Bonchev–Trinajstić information content (AvgIpc) is 2.54. The van der Waals surface area contributed by atoms with Crippen LogP contribution < -0.4 is 10.2 Å². The van der Waals surface area contributed by atoms with Gasteiger partial charge < -0.3 is 4.74 Å². The number of hydrogen-bond donors (Lipinski definition) is 1.